The van der Waals surface area contributed by atoms with E-state index in [4.69, 9.17) is 0 Å². The van der Waals surface area contributed by atoms with Crippen LogP contribution < -0.4 is 4.46 Å². The van der Waals surface area contributed by atoms with E-state index in [1.807, 2.05) is 36.4 Å². The summed E-state index contributed by atoms with van der Waals surface area (Å²) in [6, 6.07) is 16.4. The van der Waals surface area contributed by atoms with Crippen LogP contribution in [0.15, 0.2) is 54.6 Å². The Morgan fingerprint density at radius 2 is 1.75 bits per heavy atom. The zero-order valence-electron chi connectivity index (χ0n) is 8.48. The third-order valence-electron chi connectivity index (χ3n) is 1.93. The fraction of sp³-hybridized carbons (Fsp3) is 0. The number of hydrogen-bond donors (Lipinski definition) is 0. The first-order chi connectivity index (χ1) is 7.84. The second-order valence-corrected chi connectivity index (χ2v) is 5.00. The minimum atomic E-state index is -0.194. The summed E-state index contributed by atoms with van der Waals surface area (Å²) in [5.74, 6) is 2.87. The molecule has 0 fully saturated rings. The van der Waals surface area contributed by atoms with Gasteiger partial charge in [0.1, 0.15) is 0 Å². The van der Waals surface area contributed by atoms with E-state index in [-0.39, 0.29) is 20.8 Å². The topological polar surface area (TPSA) is 0 Å². The van der Waals surface area contributed by atoms with Crippen molar-refractivity contribution in [2.75, 3.05) is 0 Å². The van der Waals surface area contributed by atoms with Crippen LogP contribution in [0, 0.1) is 16.6 Å². The molecule has 0 aliphatic carbocycles. The molecule has 2 aromatic rings. The number of hydrogen-bond acceptors (Lipinski definition) is 0. The van der Waals surface area contributed by atoms with Crippen molar-refractivity contribution in [3.63, 3.8) is 0 Å². The van der Waals surface area contributed by atoms with Gasteiger partial charge in [-0.1, -0.05) is 0 Å². The first-order valence-corrected chi connectivity index (χ1v) is 6.54. The van der Waals surface area contributed by atoms with Crippen molar-refractivity contribution >= 4 is 19.4 Å². The van der Waals surface area contributed by atoms with E-state index >= 15 is 0 Å². The van der Waals surface area contributed by atoms with Crippen molar-refractivity contribution in [2.24, 2.45) is 0 Å². The molecule has 0 aromatic heterocycles. The van der Waals surface area contributed by atoms with Crippen LogP contribution in [0.1, 0.15) is 5.56 Å². The Kier molecular flexibility index (Phi) is 3.77. The zero-order valence-corrected chi connectivity index (χ0v) is 10.2. The molecule has 78 valence electrons. The van der Waals surface area contributed by atoms with Crippen molar-refractivity contribution in [1.29, 1.82) is 0 Å². The van der Waals surface area contributed by atoms with Gasteiger partial charge in [-0.2, -0.15) is 0 Å². The maximum absolute atomic E-state index is 12.9. The van der Waals surface area contributed by atoms with Gasteiger partial charge in [-0.25, -0.2) is 0 Å². The van der Waals surface area contributed by atoms with E-state index in [0.717, 1.165) is 10.0 Å². The fourth-order valence-corrected chi connectivity index (χ4v) is 2.46. The van der Waals surface area contributed by atoms with E-state index in [1.54, 1.807) is 12.1 Å². The SMILES string of the molecule is Fc1cccc([Se]C#Cc2ccccc2)c1. The van der Waals surface area contributed by atoms with Crippen LogP contribution in [0.25, 0.3) is 0 Å². The summed E-state index contributed by atoms with van der Waals surface area (Å²) in [5.41, 5.74) is 1.00. The number of halogens is 1. The summed E-state index contributed by atoms with van der Waals surface area (Å²) in [4.78, 5) is 3.09. The van der Waals surface area contributed by atoms with Crippen molar-refractivity contribution < 1.29 is 4.39 Å². The van der Waals surface area contributed by atoms with Gasteiger partial charge in [0.05, 0.1) is 0 Å². The molecular weight excluding hydrogens is 266 g/mol. The summed E-state index contributed by atoms with van der Waals surface area (Å²) in [7, 11) is 0. The van der Waals surface area contributed by atoms with Gasteiger partial charge in [0.15, 0.2) is 0 Å². The molecule has 0 saturated carbocycles. The summed E-state index contributed by atoms with van der Waals surface area (Å²) < 4.78 is 13.8. The molecule has 0 aliphatic heterocycles. The Morgan fingerprint density at radius 1 is 0.938 bits per heavy atom. The molecular formula is C14H9FSe. The number of rotatable bonds is 1. The van der Waals surface area contributed by atoms with Crippen molar-refractivity contribution in [3.05, 3.63) is 66.0 Å². The Bertz CT molecular complexity index is 523. The third kappa shape index (κ3) is 3.24. The van der Waals surface area contributed by atoms with Crippen molar-refractivity contribution in [3.8, 4) is 10.7 Å². The summed E-state index contributed by atoms with van der Waals surface area (Å²) >= 11 is 0.0118. The molecule has 0 nitrogen and oxygen atoms in total. The third-order valence-corrected chi connectivity index (χ3v) is 3.39. The summed E-state index contributed by atoms with van der Waals surface area (Å²) in [6.07, 6.45) is 0. The van der Waals surface area contributed by atoms with Gasteiger partial charge < -0.3 is 0 Å². The molecule has 0 unspecified atom stereocenters. The molecule has 2 heteroatoms. The molecule has 0 atom stereocenters. The molecule has 0 spiro atoms. The minimum absolute atomic E-state index is 0.0118. The van der Waals surface area contributed by atoms with Gasteiger partial charge in [0.25, 0.3) is 0 Å². The van der Waals surface area contributed by atoms with Crippen molar-refractivity contribution in [2.45, 2.75) is 0 Å². The van der Waals surface area contributed by atoms with Crippen LogP contribution in [0.4, 0.5) is 4.39 Å². The molecule has 2 aromatic carbocycles. The van der Waals surface area contributed by atoms with Crippen LogP contribution in [0.2, 0.25) is 0 Å². The molecule has 16 heavy (non-hydrogen) atoms. The summed E-state index contributed by atoms with van der Waals surface area (Å²) in [6.45, 7) is 0. The van der Waals surface area contributed by atoms with E-state index in [2.05, 4.69) is 10.7 Å². The normalized spacial score (nSPS) is 9.31. The molecule has 0 bridgehead atoms. The van der Waals surface area contributed by atoms with Gasteiger partial charge in [0.2, 0.25) is 0 Å². The van der Waals surface area contributed by atoms with Gasteiger partial charge in [-0.15, -0.1) is 0 Å². The van der Waals surface area contributed by atoms with E-state index < -0.39 is 0 Å². The predicted octanol–water partition coefficient (Wildman–Crippen LogP) is 2.16. The first-order valence-electron chi connectivity index (χ1n) is 4.83. The van der Waals surface area contributed by atoms with Crippen LogP contribution in [0.3, 0.4) is 0 Å². The van der Waals surface area contributed by atoms with Gasteiger partial charge >= 0.3 is 101 Å². The molecule has 0 radical (unpaired) electrons. The summed E-state index contributed by atoms with van der Waals surface area (Å²) in [5, 5.41) is 0. The van der Waals surface area contributed by atoms with Crippen LogP contribution >= 0.6 is 0 Å². The Labute approximate surface area is 101 Å². The average molecular weight is 275 g/mol. The van der Waals surface area contributed by atoms with Crippen LogP contribution in [-0.2, 0) is 0 Å². The molecule has 0 heterocycles. The van der Waals surface area contributed by atoms with Gasteiger partial charge in [0, 0.05) is 0 Å². The zero-order chi connectivity index (χ0) is 11.2. The molecule has 0 saturated heterocycles. The quantitative estimate of drug-likeness (QED) is 0.552. The average Bonchev–Trinajstić information content (AvgIpc) is 2.30. The van der Waals surface area contributed by atoms with Gasteiger partial charge in [-0.3, -0.25) is 0 Å². The van der Waals surface area contributed by atoms with Crippen molar-refractivity contribution in [1.82, 2.24) is 0 Å². The standard InChI is InChI=1S/C14H9FSe/c15-13-7-4-8-14(11-13)16-10-9-12-5-2-1-3-6-12/h1-8,11H. The molecule has 2 rings (SSSR count). The van der Waals surface area contributed by atoms with E-state index in [9.17, 15) is 4.39 Å². The van der Waals surface area contributed by atoms with E-state index in [0.29, 0.717) is 0 Å². The Hall–Kier alpha value is -1.55. The second-order valence-electron chi connectivity index (χ2n) is 3.15. The molecule has 0 amide bonds. The number of benzene rings is 2. The van der Waals surface area contributed by atoms with Crippen LogP contribution in [-0.4, -0.2) is 15.0 Å². The first kappa shape index (κ1) is 11.0. The second kappa shape index (κ2) is 5.51. The Balaban J connectivity index is 2.06. The monoisotopic (exact) mass is 276 g/mol. The Morgan fingerprint density at radius 3 is 2.50 bits per heavy atom. The fourth-order valence-electron chi connectivity index (χ4n) is 1.20. The molecule has 0 aliphatic rings. The van der Waals surface area contributed by atoms with E-state index in [1.165, 1.54) is 6.07 Å². The maximum atomic E-state index is 12.9. The van der Waals surface area contributed by atoms with Crippen LogP contribution in [0.5, 0.6) is 0 Å². The predicted molar refractivity (Wildman–Crippen MR) is 65.1 cm³/mol. The molecule has 0 N–H and O–H groups in total. The van der Waals surface area contributed by atoms with Gasteiger partial charge in [-0.05, 0) is 0 Å².